The summed E-state index contributed by atoms with van der Waals surface area (Å²) in [6.07, 6.45) is 0. The average Bonchev–Trinajstić information content (AvgIpc) is 2.28. The summed E-state index contributed by atoms with van der Waals surface area (Å²) in [5.41, 5.74) is 1.95. The van der Waals surface area contributed by atoms with Crippen molar-refractivity contribution in [3.63, 3.8) is 0 Å². The number of halogens is 1. The average molecular weight is 253 g/mol. The van der Waals surface area contributed by atoms with Crippen LogP contribution in [0.5, 0.6) is 0 Å². The highest BCUT2D eigenvalue weighted by molar-refractivity contribution is 6.29. The third-order valence-electron chi connectivity index (χ3n) is 2.31. The van der Waals surface area contributed by atoms with Crippen molar-refractivity contribution in [2.24, 2.45) is 0 Å². The monoisotopic (exact) mass is 252 g/mol. The lowest BCUT2D eigenvalue weighted by atomic mass is 10.2. The Bertz CT molecular complexity index is 400. The number of nitrogens with one attached hydrogen (secondary N) is 2. The summed E-state index contributed by atoms with van der Waals surface area (Å²) < 4.78 is 0. The van der Waals surface area contributed by atoms with Crippen LogP contribution in [0.3, 0.4) is 0 Å². The number of anilines is 1. The molecule has 0 spiro atoms. The molecule has 0 radical (unpaired) electrons. The Morgan fingerprint density at radius 3 is 2.53 bits per heavy atom. The van der Waals surface area contributed by atoms with Gasteiger partial charge in [0, 0.05) is 17.3 Å². The van der Waals surface area contributed by atoms with E-state index in [0.717, 1.165) is 11.3 Å². The van der Waals surface area contributed by atoms with Crippen LogP contribution in [0.2, 0.25) is 0 Å². The van der Waals surface area contributed by atoms with Crippen LogP contribution >= 0.6 is 11.6 Å². The summed E-state index contributed by atoms with van der Waals surface area (Å²) in [6.45, 7) is 7.75. The first kappa shape index (κ1) is 13.7. The van der Waals surface area contributed by atoms with Crippen LogP contribution < -0.4 is 10.6 Å². The number of carbonyl (C=O) groups is 1. The van der Waals surface area contributed by atoms with Gasteiger partial charge in [0.15, 0.2) is 0 Å². The summed E-state index contributed by atoms with van der Waals surface area (Å²) in [5, 5.41) is 6.27. The second-order valence-electron chi connectivity index (χ2n) is 3.98. The maximum atomic E-state index is 11.8. The molecule has 0 aliphatic carbocycles. The first-order valence-corrected chi connectivity index (χ1v) is 5.81. The highest BCUT2D eigenvalue weighted by atomic mass is 35.5. The predicted molar refractivity (Wildman–Crippen MR) is 72.3 cm³/mol. The van der Waals surface area contributed by atoms with Crippen molar-refractivity contribution in [3.8, 4) is 0 Å². The van der Waals surface area contributed by atoms with Gasteiger partial charge in [-0.05, 0) is 26.0 Å². The van der Waals surface area contributed by atoms with Gasteiger partial charge in [-0.15, -0.1) is 0 Å². The molecule has 2 N–H and O–H groups in total. The number of rotatable bonds is 5. The summed E-state index contributed by atoms with van der Waals surface area (Å²) in [5.74, 6) is -0.0910. The first-order valence-electron chi connectivity index (χ1n) is 5.43. The molecule has 0 bridgehead atoms. The second-order valence-corrected chi connectivity index (χ2v) is 4.51. The molecule has 0 saturated carbocycles. The number of benzene rings is 1. The Hall–Kier alpha value is -1.32. The highest BCUT2D eigenvalue weighted by Gasteiger charge is 2.11. The van der Waals surface area contributed by atoms with E-state index in [1.807, 2.05) is 31.2 Å². The number of carbonyl (C=O) groups excluding carboxylic acids is 1. The normalized spacial score (nSPS) is 11.9. The lowest BCUT2D eigenvalue weighted by molar-refractivity contribution is -0.117. The molecule has 92 valence electrons. The fourth-order valence-corrected chi connectivity index (χ4v) is 1.32. The molecule has 1 unspecified atom stereocenters. The van der Waals surface area contributed by atoms with Gasteiger partial charge in [-0.1, -0.05) is 35.9 Å². The number of amides is 1. The molecule has 0 fully saturated rings. The maximum Gasteiger partial charge on any atom is 0.241 e. The molecule has 1 atom stereocenters. The van der Waals surface area contributed by atoms with Gasteiger partial charge in [-0.25, -0.2) is 0 Å². The Kier molecular flexibility index (Phi) is 5.19. The van der Waals surface area contributed by atoms with Gasteiger partial charge in [0.1, 0.15) is 0 Å². The van der Waals surface area contributed by atoms with Crippen LogP contribution in [0.25, 0.3) is 0 Å². The molecule has 17 heavy (non-hydrogen) atoms. The number of hydrogen-bond acceptors (Lipinski definition) is 2. The van der Waals surface area contributed by atoms with Crippen molar-refractivity contribution >= 4 is 23.2 Å². The van der Waals surface area contributed by atoms with E-state index < -0.39 is 0 Å². The molecule has 0 aliphatic heterocycles. The Labute approximate surface area is 107 Å². The molecule has 3 nitrogen and oxygen atoms in total. The molecule has 0 aromatic heterocycles. The van der Waals surface area contributed by atoms with Crippen molar-refractivity contribution in [3.05, 3.63) is 41.4 Å². The molecule has 4 heteroatoms. The smallest absolute Gasteiger partial charge is 0.241 e. The van der Waals surface area contributed by atoms with Crippen molar-refractivity contribution in [2.45, 2.75) is 19.9 Å². The van der Waals surface area contributed by atoms with Gasteiger partial charge in [-0.2, -0.15) is 0 Å². The minimum Gasteiger partial charge on any atom is -0.325 e. The Morgan fingerprint density at radius 1 is 1.41 bits per heavy atom. The zero-order chi connectivity index (χ0) is 12.8. The minimum atomic E-state index is -0.313. The Balaban J connectivity index is 2.48. The number of aryl methyl sites for hydroxylation is 1. The van der Waals surface area contributed by atoms with E-state index >= 15 is 0 Å². The van der Waals surface area contributed by atoms with Crippen molar-refractivity contribution in [1.82, 2.24) is 5.32 Å². The van der Waals surface area contributed by atoms with E-state index in [0.29, 0.717) is 11.6 Å². The largest absolute Gasteiger partial charge is 0.325 e. The van der Waals surface area contributed by atoms with Crippen molar-refractivity contribution in [2.75, 3.05) is 11.9 Å². The molecule has 1 aromatic carbocycles. The molecular formula is C13H17ClN2O. The van der Waals surface area contributed by atoms with E-state index in [-0.39, 0.29) is 11.9 Å². The SMILES string of the molecule is C=C(Cl)CNC(C)C(=O)Nc1ccc(C)cc1. The molecular weight excluding hydrogens is 236 g/mol. The lowest BCUT2D eigenvalue weighted by Crippen LogP contribution is -2.38. The lowest BCUT2D eigenvalue weighted by Gasteiger charge is -2.13. The number of hydrogen-bond donors (Lipinski definition) is 2. The van der Waals surface area contributed by atoms with Gasteiger partial charge in [0.25, 0.3) is 0 Å². The third kappa shape index (κ3) is 5.02. The van der Waals surface area contributed by atoms with Gasteiger partial charge in [0.2, 0.25) is 5.91 Å². The molecule has 0 saturated heterocycles. The quantitative estimate of drug-likeness (QED) is 0.846. The van der Waals surface area contributed by atoms with E-state index in [4.69, 9.17) is 11.6 Å². The van der Waals surface area contributed by atoms with Crippen LogP contribution in [0.4, 0.5) is 5.69 Å². The second kappa shape index (κ2) is 6.42. The summed E-state index contributed by atoms with van der Waals surface area (Å²) in [7, 11) is 0. The van der Waals surface area contributed by atoms with E-state index in [2.05, 4.69) is 17.2 Å². The molecule has 1 aromatic rings. The molecule has 1 rings (SSSR count). The Morgan fingerprint density at radius 2 is 2.00 bits per heavy atom. The van der Waals surface area contributed by atoms with E-state index in [1.54, 1.807) is 6.92 Å². The third-order valence-corrected chi connectivity index (χ3v) is 2.45. The van der Waals surface area contributed by atoms with Crippen molar-refractivity contribution < 1.29 is 4.79 Å². The van der Waals surface area contributed by atoms with Crippen LogP contribution in [-0.2, 0) is 4.79 Å². The fourth-order valence-electron chi connectivity index (χ4n) is 1.24. The summed E-state index contributed by atoms with van der Waals surface area (Å²) in [6, 6.07) is 7.34. The van der Waals surface area contributed by atoms with Crippen LogP contribution in [-0.4, -0.2) is 18.5 Å². The molecule has 1 amide bonds. The topological polar surface area (TPSA) is 41.1 Å². The summed E-state index contributed by atoms with van der Waals surface area (Å²) in [4.78, 5) is 11.8. The first-order chi connectivity index (χ1) is 7.99. The van der Waals surface area contributed by atoms with Crippen LogP contribution in [0.1, 0.15) is 12.5 Å². The van der Waals surface area contributed by atoms with Crippen LogP contribution in [0, 0.1) is 6.92 Å². The van der Waals surface area contributed by atoms with Gasteiger partial charge in [0.05, 0.1) is 6.04 Å². The maximum absolute atomic E-state index is 11.8. The van der Waals surface area contributed by atoms with Crippen LogP contribution in [0.15, 0.2) is 35.9 Å². The van der Waals surface area contributed by atoms with E-state index in [1.165, 1.54) is 0 Å². The minimum absolute atomic E-state index is 0.0910. The summed E-state index contributed by atoms with van der Waals surface area (Å²) >= 11 is 5.62. The van der Waals surface area contributed by atoms with E-state index in [9.17, 15) is 4.79 Å². The molecule has 0 heterocycles. The molecule has 0 aliphatic rings. The van der Waals surface area contributed by atoms with Crippen molar-refractivity contribution in [1.29, 1.82) is 0 Å². The van der Waals surface area contributed by atoms with Gasteiger partial charge < -0.3 is 10.6 Å². The van der Waals surface area contributed by atoms with Gasteiger partial charge >= 0.3 is 0 Å². The predicted octanol–water partition coefficient (Wildman–Crippen LogP) is 2.66. The zero-order valence-electron chi connectivity index (χ0n) is 10.1. The zero-order valence-corrected chi connectivity index (χ0v) is 10.8. The highest BCUT2D eigenvalue weighted by Crippen LogP contribution is 2.08. The standard InChI is InChI=1S/C13H17ClN2O/c1-9-4-6-12(7-5-9)16-13(17)11(3)15-8-10(2)14/h4-7,11,15H,2,8H2,1,3H3,(H,16,17). The fraction of sp³-hybridized carbons (Fsp3) is 0.308. The van der Waals surface area contributed by atoms with Gasteiger partial charge in [-0.3, -0.25) is 4.79 Å².